The molecule has 0 aliphatic carbocycles. The average Bonchev–Trinajstić information content (AvgIpc) is 2.93. The minimum atomic E-state index is -0.115. The van der Waals surface area contributed by atoms with Crippen molar-refractivity contribution in [3.05, 3.63) is 28.7 Å². The van der Waals surface area contributed by atoms with Crippen LogP contribution in [0.3, 0.4) is 0 Å². The Hall–Kier alpha value is -2.06. The van der Waals surface area contributed by atoms with Crippen molar-refractivity contribution in [2.45, 2.75) is 19.8 Å². The molecule has 0 bridgehead atoms. The van der Waals surface area contributed by atoms with Gasteiger partial charge in [0.15, 0.2) is 18.1 Å². The van der Waals surface area contributed by atoms with Gasteiger partial charge in [0.1, 0.15) is 4.32 Å². The molecule has 2 amide bonds. The molecule has 3 rings (SSSR count). The van der Waals surface area contributed by atoms with Crippen LogP contribution in [0.15, 0.2) is 23.1 Å². The molecule has 0 atom stereocenters. The van der Waals surface area contributed by atoms with Gasteiger partial charge in [0.05, 0.1) is 12.0 Å². The van der Waals surface area contributed by atoms with Crippen LogP contribution < -0.4 is 9.47 Å². The number of carbonyl (C=O) groups excluding carboxylic acids is 2. The summed E-state index contributed by atoms with van der Waals surface area (Å²) in [5, 5.41) is 0. The van der Waals surface area contributed by atoms with E-state index < -0.39 is 0 Å². The number of hydrogen-bond acceptors (Lipinski definition) is 6. The number of hydrogen-bond donors (Lipinski definition) is 0. The number of thiocarbonyl (C=S) groups is 1. The Balaban J connectivity index is 1.66. The van der Waals surface area contributed by atoms with Gasteiger partial charge >= 0.3 is 0 Å². The lowest BCUT2D eigenvalue weighted by Gasteiger charge is -2.30. The SMILES string of the molecule is COc1cc(/C=C2\SC(=S)N(C)C2=O)ccc1OCC(=O)N1CCC(C)CC1. The van der Waals surface area contributed by atoms with Crippen LogP contribution in [0.25, 0.3) is 6.08 Å². The highest BCUT2D eigenvalue weighted by atomic mass is 32.2. The van der Waals surface area contributed by atoms with Crippen molar-refractivity contribution in [2.75, 3.05) is 33.9 Å². The lowest BCUT2D eigenvalue weighted by Crippen LogP contribution is -2.40. The Bertz CT molecular complexity index is 816. The van der Waals surface area contributed by atoms with Crippen LogP contribution in [0.1, 0.15) is 25.3 Å². The van der Waals surface area contributed by atoms with Crippen LogP contribution in [0, 0.1) is 5.92 Å². The van der Waals surface area contributed by atoms with E-state index in [9.17, 15) is 9.59 Å². The summed E-state index contributed by atoms with van der Waals surface area (Å²) in [5.74, 6) is 1.56. The van der Waals surface area contributed by atoms with Crippen LogP contribution in [0.2, 0.25) is 0 Å². The van der Waals surface area contributed by atoms with E-state index in [-0.39, 0.29) is 18.4 Å². The topological polar surface area (TPSA) is 59.1 Å². The van der Waals surface area contributed by atoms with Crippen molar-refractivity contribution < 1.29 is 19.1 Å². The molecule has 2 fully saturated rings. The minimum absolute atomic E-state index is 0.00958. The highest BCUT2D eigenvalue weighted by Crippen LogP contribution is 2.34. The van der Waals surface area contributed by atoms with Gasteiger partial charge in [0.2, 0.25) is 0 Å². The number of ether oxygens (including phenoxy) is 2. The summed E-state index contributed by atoms with van der Waals surface area (Å²) >= 11 is 6.42. The summed E-state index contributed by atoms with van der Waals surface area (Å²) in [6.07, 6.45) is 3.84. The lowest BCUT2D eigenvalue weighted by atomic mass is 9.99. The molecule has 2 aliphatic rings. The quantitative estimate of drug-likeness (QED) is 0.539. The van der Waals surface area contributed by atoms with E-state index in [1.165, 1.54) is 16.7 Å². The Morgan fingerprint density at radius 3 is 2.64 bits per heavy atom. The van der Waals surface area contributed by atoms with E-state index >= 15 is 0 Å². The van der Waals surface area contributed by atoms with Gasteiger partial charge in [-0.25, -0.2) is 0 Å². The fraction of sp³-hybridized carbons (Fsp3) is 0.450. The number of amides is 2. The molecule has 150 valence electrons. The van der Waals surface area contributed by atoms with Crippen molar-refractivity contribution in [3.63, 3.8) is 0 Å². The molecule has 0 unspecified atom stereocenters. The number of methoxy groups -OCH3 is 1. The number of nitrogens with zero attached hydrogens (tertiary/aromatic N) is 2. The number of benzene rings is 1. The number of piperidine rings is 1. The second-order valence-corrected chi connectivity index (χ2v) is 8.68. The van der Waals surface area contributed by atoms with Gasteiger partial charge in [0.25, 0.3) is 11.8 Å². The first kappa shape index (κ1) is 20.7. The van der Waals surface area contributed by atoms with Crippen LogP contribution in [0.4, 0.5) is 0 Å². The summed E-state index contributed by atoms with van der Waals surface area (Å²) < 4.78 is 11.7. The average molecular weight is 421 g/mol. The third-order valence-electron chi connectivity index (χ3n) is 4.96. The first-order chi connectivity index (χ1) is 13.4. The van der Waals surface area contributed by atoms with Gasteiger partial charge in [-0.1, -0.05) is 37.0 Å². The summed E-state index contributed by atoms with van der Waals surface area (Å²) in [6, 6.07) is 5.36. The zero-order valence-corrected chi connectivity index (χ0v) is 17.9. The first-order valence-corrected chi connectivity index (χ1v) is 10.4. The van der Waals surface area contributed by atoms with Crippen molar-refractivity contribution in [1.29, 1.82) is 0 Å². The fourth-order valence-electron chi connectivity index (χ4n) is 3.08. The molecule has 2 heterocycles. The Morgan fingerprint density at radius 2 is 2.04 bits per heavy atom. The first-order valence-electron chi connectivity index (χ1n) is 9.19. The number of likely N-dealkylation sites (N-methyl/N-ethyl adjacent to an activating group) is 1. The van der Waals surface area contributed by atoms with E-state index in [4.69, 9.17) is 21.7 Å². The minimum Gasteiger partial charge on any atom is -0.493 e. The largest absolute Gasteiger partial charge is 0.493 e. The molecule has 1 aromatic carbocycles. The van der Waals surface area contributed by atoms with Crippen LogP contribution in [0.5, 0.6) is 11.5 Å². The van der Waals surface area contributed by atoms with Gasteiger partial charge in [-0.2, -0.15) is 0 Å². The van der Waals surface area contributed by atoms with Gasteiger partial charge < -0.3 is 14.4 Å². The summed E-state index contributed by atoms with van der Waals surface area (Å²) in [7, 11) is 3.21. The van der Waals surface area contributed by atoms with Gasteiger partial charge in [-0.15, -0.1) is 0 Å². The van der Waals surface area contributed by atoms with Gasteiger partial charge in [-0.3, -0.25) is 14.5 Å². The smallest absolute Gasteiger partial charge is 0.265 e. The molecule has 0 N–H and O–H groups in total. The van der Waals surface area contributed by atoms with E-state index in [1.54, 1.807) is 32.4 Å². The van der Waals surface area contributed by atoms with E-state index in [0.29, 0.717) is 26.6 Å². The van der Waals surface area contributed by atoms with Crippen LogP contribution in [-0.4, -0.2) is 59.8 Å². The van der Waals surface area contributed by atoms with Gasteiger partial charge in [0, 0.05) is 20.1 Å². The van der Waals surface area contributed by atoms with Crippen molar-refractivity contribution >= 4 is 46.2 Å². The third-order valence-corrected chi connectivity index (χ3v) is 6.44. The molecular formula is C20H24N2O4S2. The zero-order chi connectivity index (χ0) is 20.3. The van der Waals surface area contributed by atoms with Gasteiger partial charge in [-0.05, 0) is 42.5 Å². The standard InChI is InChI=1S/C20H24N2O4S2/c1-13-6-8-22(9-7-13)18(23)12-26-15-5-4-14(10-16(15)25-3)11-17-19(24)21(2)20(27)28-17/h4-5,10-11,13H,6-9,12H2,1-3H3/b17-11-. The molecule has 0 aromatic heterocycles. The molecule has 2 saturated heterocycles. The zero-order valence-electron chi connectivity index (χ0n) is 16.3. The molecule has 6 nitrogen and oxygen atoms in total. The fourth-order valence-corrected chi connectivity index (χ4v) is 4.26. The van der Waals surface area contributed by atoms with Crippen molar-refractivity contribution in [1.82, 2.24) is 9.80 Å². The maximum absolute atomic E-state index is 12.4. The number of likely N-dealkylation sites (tertiary alicyclic amines) is 1. The predicted molar refractivity (Wildman–Crippen MR) is 114 cm³/mol. The highest BCUT2D eigenvalue weighted by Gasteiger charge is 2.28. The van der Waals surface area contributed by atoms with Crippen molar-refractivity contribution in [3.8, 4) is 11.5 Å². The summed E-state index contributed by atoms with van der Waals surface area (Å²) in [6.45, 7) is 3.77. The maximum Gasteiger partial charge on any atom is 0.265 e. The van der Waals surface area contributed by atoms with Crippen molar-refractivity contribution in [2.24, 2.45) is 5.92 Å². The van der Waals surface area contributed by atoms with E-state index in [0.717, 1.165) is 31.5 Å². The van der Waals surface area contributed by atoms with E-state index in [2.05, 4.69) is 6.92 Å². The number of rotatable bonds is 5. The predicted octanol–water partition coefficient (Wildman–Crippen LogP) is 3.16. The lowest BCUT2D eigenvalue weighted by molar-refractivity contribution is -0.134. The molecule has 0 radical (unpaired) electrons. The monoisotopic (exact) mass is 420 g/mol. The third kappa shape index (κ3) is 4.67. The normalized spacial score (nSPS) is 19.5. The number of carbonyl (C=O) groups is 2. The Labute approximate surface area is 174 Å². The second kappa shape index (κ2) is 8.96. The Morgan fingerprint density at radius 1 is 1.32 bits per heavy atom. The molecule has 2 aliphatic heterocycles. The maximum atomic E-state index is 12.4. The number of thioether (sulfide) groups is 1. The molecule has 28 heavy (non-hydrogen) atoms. The second-order valence-electron chi connectivity index (χ2n) is 7.00. The van der Waals surface area contributed by atoms with E-state index in [1.807, 2.05) is 11.0 Å². The summed E-state index contributed by atoms with van der Waals surface area (Å²) in [5.41, 5.74) is 0.800. The molecule has 1 aromatic rings. The summed E-state index contributed by atoms with van der Waals surface area (Å²) in [4.78, 5) is 28.4. The molecule has 8 heteroatoms. The molecular weight excluding hydrogens is 396 g/mol. The highest BCUT2D eigenvalue weighted by molar-refractivity contribution is 8.26. The Kier molecular flexibility index (Phi) is 6.61. The van der Waals surface area contributed by atoms with Crippen LogP contribution in [-0.2, 0) is 9.59 Å². The molecule has 0 saturated carbocycles. The van der Waals surface area contributed by atoms with Crippen LogP contribution >= 0.6 is 24.0 Å². The molecule has 0 spiro atoms.